The Morgan fingerprint density at radius 1 is 1.43 bits per heavy atom. The summed E-state index contributed by atoms with van der Waals surface area (Å²) in [5.74, 6) is -0.576. The minimum Gasteiger partial charge on any atom is -0.391 e. The van der Waals surface area contributed by atoms with Crippen molar-refractivity contribution in [2.75, 3.05) is 13.1 Å². The number of sulfonamides is 1. The maximum atomic E-state index is 12.6. The number of aliphatic hydroxyl groups is 1. The maximum Gasteiger partial charge on any atom is 0.249 e. The highest BCUT2D eigenvalue weighted by Gasteiger charge is 2.33. The van der Waals surface area contributed by atoms with Gasteiger partial charge in [-0.2, -0.15) is 4.31 Å². The predicted octanol–water partition coefficient (Wildman–Crippen LogP) is 0.485. The monoisotopic (exact) mass is 312 g/mol. The number of rotatable bonds is 3. The van der Waals surface area contributed by atoms with Crippen LogP contribution in [0.3, 0.4) is 0 Å². The van der Waals surface area contributed by atoms with Crippen molar-refractivity contribution in [2.45, 2.75) is 31.3 Å². The van der Waals surface area contributed by atoms with Crippen molar-refractivity contribution in [3.8, 4) is 0 Å². The number of amides is 1. The number of hydrogen-bond donors (Lipinski definition) is 2. The second-order valence-corrected chi connectivity index (χ2v) is 7.48. The molecule has 1 aliphatic rings. The zero-order valence-electron chi connectivity index (χ0n) is 12.1. The molecule has 0 radical (unpaired) electrons. The summed E-state index contributed by atoms with van der Waals surface area (Å²) in [4.78, 5) is 11.4. The molecule has 21 heavy (non-hydrogen) atoms. The molecule has 0 spiro atoms. The first kappa shape index (κ1) is 15.9. The average Bonchev–Trinajstić information content (AvgIpc) is 2.41. The third-order valence-electron chi connectivity index (χ3n) is 3.99. The van der Waals surface area contributed by atoms with Crippen LogP contribution in [0.4, 0.5) is 0 Å². The molecule has 0 saturated carbocycles. The largest absolute Gasteiger partial charge is 0.391 e. The summed E-state index contributed by atoms with van der Waals surface area (Å²) in [6, 6.07) is 4.33. The number of primary amides is 1. The molecule has 7 heteroatoms. The molecular weight excluding hydrogens is 292 g/mol. The lowest BCUT2D eigenvalue weighted by Gasteiger charge is -2.33. The van der Waals surface area contributed by atoms with Crippen molar-refractivity contribution in [3.63, 3.8) is 0 Å². The topological polar surface area (TPSA) is 101 Å². The lowest BCUT2D eigenvalue weighted by atomic mass is 9.98. The van der Waals surface area contributed by atoms with Crippen LogP contribution in [-0.2, 0) is 10.0 Å². The summed E-state index contributed by atoms with van der Waals surface area (Å²) in [6.45, 7) is 4.03. The SMILES string of the molecule is Cc1ccc(S(=O)(=O)N2CCC(C)C(O)C2)cc1C(N)=O. The van der Waals surface area contributed by atoms with E-state index in [1.54, 1.807) is 13.0 Å². The normalized spacial score (nSPS) is 24.0. The minimum atomic E-state index is -3.73. The van der Waals surface area contributed by atoms with Crippen molar-refractivity contribution in [2.24, 2.45) is 11.7 Å². The number of piperidine rings is 1. The standard InChI is InChI=1S/C14H20N2O4S/c1-9-3-4-11(7-12(9)14(15)18)21(19,20)16-6-5-10(2)13(17)8-16/h3-4,7,10,13,17H,5-6,8H2,1-2H3,(H2,15,18). The molecule has 116 valence electrons. The van der Waals surface area contributed by atoms with Gasteiger partial charge in [-0.05, 0) is 37.0 Å². The van der Waals surface area contributed by atoms with Gasteiger partial charge in [0.05, 0.1) is 11.0 Å². The van der Waals surface area contributed by atoms with Crippen molar-refractivity contribution in [1.29, 1.82) is 0 Å². The van der Waals surface area contributed by atoms with E-state index in [1.807, 2.05) is 6.92 Å². The molecule has 6 nitrogen and oxygen atoms in total. The number of β-amino-alcohol motifs (C(OH)–C–C–N with tert-alkyl or cyclic N) is 1. The van der Waals surface area contributed by atoms with Gasteiger partial charge in [-0.3, -0.25) is 4.79 Å². The predicted molar refractivity (Wildman–Crippen MR) is 78.2 cm³/mol. The Bertz CT molecular complexity index is 657. The smallest absolute Gasteiger partial charge is 0.249 e. The number of aliphatic hydroxyl groups excluding tert-OH is 1. The van der Waals surface area contributed by atoms with E-state index in [2.05, 4.69) is 0 Å². The first-order valence-corrected chi connectivity index (χ1v) is 8.26. The van der Waals surface area contributed by atoms with E-state index in [0.717, 1.165) is 0 Å². The zero-order chi connectivity index (χ0) is 15.8. The van der Waals surface area contributed by atoms with Gasteiger partial charge in [-0.15, -0.1) is 0 Å². The summed E-state index contributed by atoms with van der Waals surface area (Å²) in [5.41, 5.74) is 6.09. The Morgan fingerprint density at radius 3 is 2.67 bits per heavy atom. The van der Waals surface area contributed by atoms with Crippen LogP contribution in [0.5, 0.6) is 0 Å². The molecule has 0 aliphatic carbocycles. The Hall–Kier alpha value is -1.44. The highest BCUT2D eigenvalue weighted by molar-refractivity contribution is 7.89. The lowest BCUT2D eigenvalue weighted by Crippen LogP contribution is -2.45. The van der Waals surface area contributed by atoms with Gasteiger partial charge in [0.2, 0.25) is 15.9 Å². The molecule has 0 bridgehead atoms. The number of aryl methyl sites for hydroxylation is 1. The van der Waals surface area contributed by atoms with Crippen LogP contribution >= 0.6 is 0 Å². The summed E-state index contributed by atoms with van der Waals surface area (Å²) in [5, 5.41) is 9.87. The molecule has 3 N–H and O–H groups in total. The van der Waals surface area contributed by atoms with E-state index in [4.69, 9.17) is 5.73 Å². The molecule has 1 saturated heterocycles. The van der Waals surface area contributed by atoms with E-state index in [9.17, 15) is 18.3 Å². The van der Waals surface area contributed by atoms with Gasteiger partial charge < -0.3 is 10.8 Å². The maximum absolute atomic E-state index is 12.6. The molecule has 2 rings (SSSR count). The lowest BCUT2D eigenvalue weighted by molar-refractivity contribution is 0.0605. The van der Waals surface area contributed by atoms with Gasteiger partial charge in [-0.25, -0.2) is 8.42 Å². The van der Waals surface area contributed by atoms with Crippen LogP contribution in [-0.4, -0.2) is 42.9 Å². The number of carbonyl (C=O) groups is 1. The van der Waals surface area contributed by atoms with Crippen molar-refractivity contribution >= 4 is 15.9 Å². The molecular formula is C14H20N2O4S. The summed E-state index contributed by atoms with van der Waals surface area (Å²) < 4.78 is 26.4. The molecule has 1 heterocycles. The van der Waals surface area contributed by atoms with Gasteiger partial charge in [0.15, 0.2) is 0 Å². The molecule has 1 fully saturated rings. The van der Waals surface area contributed by atoms with Crippen LogP contribution in [0.25, 0.3) is 0 Å². The van der Waals surface area contributed by atoms with Crippen molar-refractivity contribution in [1.82, 2.24) is 4.31 Å². The second-order valence-electron chi connectivity index (χ2n) is 5.54. The fraction of sp³-hybridized carbons (Fsp3) is 0.500. The average molecular weight is 312 g/mol. The molecule has 1 aromatic rings. The van der Waals surface area contributed by atoms with Crippen LogP contribution in [0.15, 0.2) is 23.1 Å². The Labute approximate surface area is 124 Å². The fourth-order valence-electron chi connectivity index (χ4n) is 2.41. The van der Waals surface area contributed by atoms with E-state index in [-0.39, 0.29) is 22.9 Å². The van der Waals surface area contributed by atoms with Crippen molar-refractivity contribution < 1.29 is 18.3 Å². The number of benzene rings is 1. The number of nitrogens with zero attached hydrogens (tertiary/aromatic N) is 1. The third-order valence-corrected chi connectivity index (χ3v) is 5.85. The molecule has 0 aromatic heterocycles. The zero-order valence-corrected chi connectivity index (χ0v) is 12.9. The quantitative estimate of drug-likeness (QED) is 0.848. The Morgan fingerprint density at radius 2 is 2.10 bits per heavy atom. The number of nitrogens with two attached hydrogens (primary N) is 1. The number of carbonyl (C=O) groups excluding carboxylic acids is 1. The molecule has 1 amide bonds. The summed E-state index contributed by atoms with van der Waals surface area (Å²) >= 11 is 0. The molecule has 1 aromatic carbocycles. The Kier molecular flexibility index (Phi) is 4.36. The minimum absolute atomic E-state index is 0.0312. The highest BCUT2D eigenvalue weighted by Crippen LogP contribution is 2.25. The summed E-state index contributed by atoms with van der Waals surface area (Å²) in [6.07, 6.45) is -0.0656. The summed E-state index contributed by atoms with van der Waals surface area (Å²) in [7, 11) is -3.73. The van der Waals surface area contributed by atoms with Gasteiger partial charge in [0.25, 0.3) is 0 Å². The van der Waals surface area contributed by atoms with Gasteiger partial charge in [0.1, 0.15) is 0 Å². The van der Waals surface area contributed by atoms with Crippen LogP contribution < -0.4 is 5.73 Å². The first-order chi connectivity index (χ1) is 9.73. The Balaban J connectivity index is 2.36. The molecule has 1 aliphatic heterocycles. The van der Waals surface area contributed by atoms with Gasteiger partial charge in [-0.1, -0.05) is 13.0 Å². The van der Waals surface area contributed by atoms with E-state index < -0.39 is 22.0 Å². The van der Waals surface area contributed by atoms with Crippen LogP contribution in [0.2, 0.25) is 0 Å². The third kappa shape index (κ3) is 3.09. The first-order valence-electron chi connectivity index (χ1n) is 6.82. The number of hydrogen-bond acceptors (Lipinski definition) is 4. The highest BCUT2D eigenvalue weighted by atomic mass is 32.2. The molecule has 2 unspecified atom stereocenters. The van der Waals surface area contributed by atoms with E-state index in [1.165, 1.54) is 16.4 Å². The molecule has 2 atom stereocenters. The van der Waals surface area contributed by atoms with Gasteiger partial charge in [0, 0.05) is 18.7 Å². The van der Waals surface area contributed by atoms with Crippen LogP contribution in [0, 0.1) is 12.8 Å². The van der Waals surface area contributed by atoms with Gasteiger partial charge >= 0.3 is 0 Å². The second kappa shape index (κ2) is 5.75. The van der Waals surface area contributed by atoms with Crippen molar-refractivity contribution in [3.05, 3.63) is 29.3 Å². The van der Waals surface area contributed by atoms with E-state index >= 15 is 0 Å². The fourth-order valence-corrected chi connectivity index (χ4v) is 3.91. The van der Waals surface area contributed by atoms with Crippen LogP contribution in [0.1, 0.15) is 29.3 Å². The van der Waals surface area contributed by atoms with E-state index in [0.29, 0.717) is 18.5 Å².